The molecule has 1 saturated heterocycles. The molecule has 1 aliphatic heterocycles. The van der Waals surface area contributed by atoms with Gasteiger partial charge < -0.3 is 4.90 Å². The predicted octanol–water partition coefficient (Wildman–Crippen LogP) is 3.53. The molecule has 2 aromatic heterocycles. The lowest BCUT2D eigenvalue weighted by Gasteiger charge is -2.31. The lowest BCUT2D eigenvalue weighted by molar-refractivity contribution is 0.0712. The van der Waals surface area contributed by atoms with Crippen molar-refractivity contribution in [3.63, 3.8) is 0 Å². The number of nitrogens with zero attached hydrogens (tertiary/aromatic N) is 2. The quantitative estimate of drug-likeness (QED) is 0.848. The summed E-state index contributed by atoms with van der Waals surface area (Å²) in [6, 6.07) is 1.99. The maximum absolute atomic E-state index is 12.4. The molecule has 19 heavy (non-hydrogen) atoms. The number of hydrogen-bond acceptors (Lipinski definition) is 4. The second-order valence-corrected chi connectivity index (χ2v) is 6.79. The van der Waals surface area contributed by atoms with E-state index in [1.807, 2.05) is 34.8 Å². The van der Waals surface area contributed by atoms with Crippen molar-refractivity contribution in [2.45, 2.75) is 25.7 Å². The van der Waals surface area contributed by atoms with E-state index >= 15 is 0 Å². The zero-order valence-electron chi connectivity index (χ0n) is 10.8. The van der Waals surface area contributed by atoms with Gasteiger partial charge >= 0.3 is 0 Å². The molecule has 1 aliphatic rings. The number of piperidine rings is 1. The minimum Gasteiger partial charge on any atom is -0.337 e. The molecule has 2 aromatic rings. The van der Waals surface area contributed by atoms with E-state index in [-0.39, 0.29) is 5.91 Å². The average molecular weight is 292 g/mol. The third-order valence-electron chi connectivity index (χ3n) is 3.45. The van der Waals surface area contributed by atoms with Crippen LogP contribution < -0.4 is 0 Å². The van der Waals surface area contributed by atoms with Crippen molar-refractivity contribution >= 4 is 28.6 Å². The van der Waals surface area contributed by atoms with E-state index in [1.165, 1.54) is 10.6 Å². The van der Waals surface area contributed by atoms with Gasteiger partial charge in [0, 0.05) is 30.6 Å². The number of hydrogen-bond donors (Lipinski definition) is 0. The Labute approximate surface area is 120 Å². The monoisotopic (exact) mass is 292 g/mol. The van der Waals surface area contributed by atoms with E-state index in [0.717, 1.165) is 30.8 Å². The van der Waals surface area contributed by atoms with Crippen LogP contribution in [0, 0.1) is 6.92 Å². The number of rotatable bonds is 2. The topological polar surface area (TPSA) is 33.2 Å². The van der Waals surface area contributed by atoms with Gasteiger partial charge in [0.05, 0.1) is 9.88 Å². The molecule has 0 N–H and O–H groups in total. The second kappa shape index (κ2) is 5.43. The van der Waals surface area contributed by atoms with E-state index in [0.29, 0.717) is 5.92 Å². The Bertz CT molecular complexity index is 562. The average Bonchev–Trinajstić information content (AvgIpc) is 3.09. The summed E-state index contributed by atoms with van der Waals surface area (Å²) in [6.45, 7) is 3.71. The number of likely N-dealkylation sites (tertiary alicyclic amines) is 1. The summed E-state index contributed by atoms with van der Waals surface area (Å²) in [7, 11) is 0. The van der Waals surface area contributed by atoms with Crippen LogP contribution in [0.5, 0.6) is 0 Å². The third-order valence-corrected chi connectivity index (χ3v) is 5.42. The van der Waals surface area contributed by atoms with Gasteiger partial charge in [-0.25, -0.2) is 4.98 Å². The molecule has 5 heteroatoms. The fourth-order valence-corrected chi connectivity index (χ4v) is 4.13. The first-order valence-electron chi connectivity index (χ1n) is 6.48. The lowest BCUT2D eigenvalue weighted by atomic mass is 9.98. The van der Waals surface area contributed by atoms with E-state index < -0.39 is 0 Å². The van der Waals surface area contributed by atoms with Crippen molar-refractivity contribution in [2.24, 2.45) is 0 Å². The summed E-state index contributed by atoms with van der Waals surface area (Å²) in [5.74, 6) is 0.595. The molecule has 1 fully saturated rings. The van der Waals surface area contributed by atoms with E-state index in [2.05, 4.69) is 4.98 Å². The van der Waals surface area contributed by atoms with E-state index in [1.54, 1.807) is 22.7 Å². The normalized spacial score (nSPS) is 19.6. The Balaban J connectivity index is 1.73. The van der Waals surface area contributed by atoms with Crippen LogP contribution >= 0.6 is 22.7 Å². The van der Waals surface area contributed by atoms with Gasteiger partial charge in [0.1, 0.15) is 0 Å². The van der Waals surface area contributed by atoms with Crippen LogP contribution in [0.3, 0.4) is 0 Å². The van der Waals surface area contributed by atoms with Gasteiger partial charge in [-0.15, -0.1) is 22.7 Å². The molecule has 0 aromatic carbocycles. The van der Waals surface area contributed by atoms with Crippen LogP contribution in [-0.2, 0) is 0 Å². The Kier molecular flexibility index (Phi) is 3.66. The number of carbonyl (C=O) groups excluding carboxylic acids is 1. The standard InChI is InChI=1S/C14H16N2OS2/c1-10-7-12(19-9-10)14(17)16-5-2-3-11(8-16)13-15-4-6-18-13/h4,6-7,9,11H,2-3,5,8H2,1H3/t11-/m1/s1. The highest BCUT2D eigenvalue weighted by atomic mass is 32.1. The molecule has 100 valence electrons. The van der Waals surface area contributed by atoms with Crippen molar-refractivity contribution < 1.29 is 4.79 Å². The largest absolute Gasteiger partial charge is 0.337 e. The van der Waals surface area contributed by atoms with Gasteiger partial charge in [-0.3, -0.25) is 4.79 Å². The highest BCUT2D eigenvalue weighted by Crippen LogP contribution is 2.29. The van der Waals surface area contributed by atoms with Gasteiger partial charge in [-0.05, 0) is 36.8 Å². The van der Waals surface area contributed by atoms with Crippen LogP contribution in [0.15, 0.2) is 23.0 Å². The molecule has 0 aliphatic carbocycles. The molecule has 1 amide bonds. The van der Waals surface area contributed by atoms with Crippen LogP contribution in [0.1, 0.15) is 39.0 Å². The van der Waals surface area contributed by atoms with Crippen LogP contribution in [-0.4, -0.2) is 28.9 Å². The van der Waals surface area contributed by atoms with E-state index in [4.69, 9.17) is 0 Å². The summed E-state index contributed by atoms with van der Waals surface area (Å²) >= 11 is 3.24. The maximum Gasteiger partial charge on any atom is 0.263 e. The zero-order chi connectivity index (χ0) is 13.2. The Hall–Kier alpha value is -1.20. The zero-order valence-corrected chi connectivity index (χ0v) is 12.5. The van der Waals surface area contributed by atoms with Crippen molar-refractivity contribution in [3.05, 3.63) is 38.5 Å². The minimum atomic E-state index is 0.180. The number of carbonyl (C=O) groups is 1. The molecule has 0 spiro atoms. The molecule has 1 atom stereocenters. The lowest BCUT2D eigenvalue weighted by Crippen LogP contribution is -2.38. The smallest absolute Gasteiger partial charge is 0.263 e. The SMILES string of the molecule is Cc1csc(C(=O)N2CCC[C@@H](c3nccs3)C2)c1. The maximum atomic E-state index is 12.4. The Morgan fingerprint density at radius 2 is 2.37 bits per heavy atom. The molecule has 0 radical (unpaired) electrons. The highest BCUT2D eigenvalue weighted by Gasteiger charge is 2.27. The van der Waals surface area contributed by atoms with Gasteiger partial charge in [-0.2, -0.15) is 0 Å². The number of aromatic nitrogens is 1. The predicted molar refractivity (Wildman–Crippen MR) is 79.0 cm³/mol. The fourth-order valence-electron chi connectivity index (χ4n) is 2.50. The first kappa shape index (κ1) is 12.8. The van der Waals surface area contributed by atoms with Crippen LogP contribution in [0.25, 0.3) is 0 Å². The van der Waals surface area contributed by atoms with Gasteiger partial charge in [0.25, 0.3) is 5.91 Å². The van der Waals surface area contributed by atoms with Crippen molar-refractivity contribution in [2.75, 3.05) is 13.1 Å². The second-order valence-electron chi connectivity index (χ2n) is 4.95. The Morgan fingerprint density at radius 3 is 3.05 bits per heavy atom. The summed E-state index contributed by atoms with van der Waals surface area (Å²) in [6.07, 6.45) is 4.06. The van der Waals surface area contributed by atoms with Gasteiger partial charge in [0.15, 0.2) is 0 Å². The molecule has 0 saturated carbocycles. The number of amides is 1. The number of thiophene rings is 1. The van der Waals surface area contributed by atoms with Gasteiger partial charge in [0.2, 0.25) is 0 Å². The molecular formula is C14H16N2OS2. The number of aryl methyl sites for hydroxylation is 1. The van der Waals surface area contributed by atoms with E-state index in [9.17, 15) is 4.79 Å². The summed E-state index contributed by atoms with van der Waals surface area (Å²) in [4.78, 5) is 19.7. The van der Waals surface area contributed by atoms with Crippen molar-refractivity contribution in [1.29, 1.82) is 0 Å². The van der Waals surface area contributed by atoms with Crippen molar-refractivity contribution in [1.82, 2.24) is 9.88 Å². The summed E-state index contributed by atoms with van der Waals surface area (Å²) in [5.41, 5.74) is 1.17. The minimum absolute atomic E-state index is 0.180. The first-order valence-corrected chi connectivity index (χ1v) is 8.24. The molecule has 0 bridgehead atoms. The molecular weight excluding hydrogens is 276 g/mol. The van der Waals surface area contributed by atoms with Crippen LogP contribution in [0.4, 0.5) is 0 Å². The molecule has 3 rings (SSSR count). The van der Waals surface area contributed by atoms with Crippen LogP contribution in [0.2, 0.25) is 0 Å². The number of thiazole rings is 1. The fraction of sp³-hybridized carbons (Fsp3) is 0.429. The summed E-state index contributed by atoms with van der Waals surface area (Å²) < 4.78 is 0. The molecule has 0 unspecified atom stereocenters. The Morgan fingerprint density at radius 1 is 1.47 bits per heavy atom. The molecule has 3 nitrogen and oxygen atoms in total. The van der Waals surface area contributed by atoms with Gasteiger partial charge in [-0.1, -0.05) is 0 Å². The highest BCUT2D eigenvalue weighted by molar-refractivity contribution is 7.12. The van der Waals surface area contributed by atoms with Crippen molar-refractivity contribution in [3.8, 4) is 0 Å². The molecule has 3 heterocycles. The third kappa shape index (κ3) is 2.72. The first-order chi connectivity index (χ1) is 9.24. The summed E-state index contributed by atoms with van der Waals surface area (Å²) in [5, 5.41) is 5.22.